The second-order valence-corrected chi connectivity index (χ2v) is 7.98. The molecule has 138 valence electrons. The summed E-state index contributed by atoms with van der Waals surface area (Å²) >= 11 is 1.78. The standard InChI is InChI=1S/C23H23NO2S/c1-16-8-9-19(14-17(16)2)26-15-22(25)24-12-10-21-20(11-13-27-21)23(24)18-6-4-3-5-7-18/h3-9,11,13-14,23H,10,12,15H2,1-2H3/t23-/m1/s1. The van der Waals surface area contributed by atoms with E-state index < -0.39 is 0 Å². The van der Waals surface area contributed by atoms with Gasteiger partial charge in [-0.2, -0.15) is 0 Å². The zero-order chi connectivity index (χ0) is 18.8. The molecule has 1 aliphatic heterocycles. The molecule has 2 aromatic carbocycles. The molecule has 2 heterocycles. The smallest absolute Gasteiger partial charge is 0.261 e. The first-order chi connectivity index (χ1) is 13.1. The Morgan fingerprint density at radius 3 is 2.70 bits per heavy atom. The van der Waals surface area contributed by atoms with Gasteiger partial charge in [0.25, 0.3) is 5.91 Å². The highest BCUT2D eigenvalue weighted by atomic mass is 32.1. The van der Waals surface area contributed by atoms with Crippen LogP contribution in [-0.2, 0) is 11.2 Å². The lowest BCUT2D eigenvalue weighted by Gasteiger charge is -2.36. The van der Waals surface area contributed by atoms with Crippen molar-refractivity contribution < 1.29 is 9.53 Å². The van der Waals surface area contributed by atoms with Crippen LogP contribution in [0, 0.1) is 13.8 Å². The number of hydrogen-bond donors (Lipinski definition) is 0. The van der Waals surface area contributed by atoms with Gasteiger partial charge in [0.05, 0.1) is 6.04 Å². The van der Waals surface area contributed by atoms with Crippen LogP contribution in [-0.4, -0.2) is 24.0 Å². The van der Waals surface area contributed by atoms with Crippen LogP contribution in [0.1, 0.15) is 33.2 Å². The average Bonchev–Trinajstić information content (AvgIpc) is 3.17. The predicted molar refractivity (Wildman–Crippen MR) is 109 cm³/mol. The van der Waals surface area contributed by atoms with Gasteiger partial charge in [-0.15, -0.1) is 11.3 Å². The van der Waals surface area contributed by atoms with E-state index in [0.29, 0.717) is 0 Å². The summed E-state index contributed by atoms with van der Waals surface area (Å²) in [5, 5.41) is 2.13. The van der Waals surface area contributed by atoms with E-state index in [9.17, 15) is 4.79 Å². The minimum absolute atomic E-state index is 0.0268. The molecule has 0 saturated carbocycles. The third-order valence-corrected chi connectivity index (χ3v) is 6.24. The Bertz CT molecular complexity index is 948. The van der Waals surface area contributed by atoms with E-state index in [1.54, 1.807) is 11.3 Å². The molecular formula is C23H23NO2S. The van der Waals surface area contributed by atoms with Crippen LogP contribution in [0.5, 0.6) is 5.75 Å². The Morgan fingerprint density at radius 2 is 1.93 bits per heavy atom. The van der Waals surface area contributed by atoms with E-state index in [0.717, 1.165) is 24.3 Å². The molecule has 1 amide bonds. The van der Waals surface area contributed by atoms with E-state index in [2.05, 4.69) is 37.4 Å². The lowest BCUT2D eigenvalue weighted by molar-refractivity contribution is -0.135. The van der Waals surface area contributed by atoms with Gasteiger partial charge < -0.3 is 9.64 Å². The number of rotatable bonds is 4. The number of fused-ring (bicyclic) bond motifs is 1. The summed E-state index contributed by atoms with van der Waals surface area (Å²) in [5.41, 5.74) is 4.79. The Balaban J connectivity index is 1.55. The van der Waals surface area contributed by atoms with Gasteiger partial charge in [0.1, 0.15) is 5.75 Å². The van der Waals surface area contributed by atoms with Crippen molar-refractivity contribution in [1.29, 1.82) is 0 Å². The summed E-state index contributed by atoms with van der Waals surface area (Å²) in [4.78, 5) is 16.4. The second-order valence-electron chi connectivity index (χ2n) is 6.98. The first kappa shape index (κ1) is 17.8. The van der Waals surface area contributed by atoms with Crippen LogP contribution in [0.25, 0.3) is 0 Å². The summed E-state index contributed by atoms with van der Waals surface area (Å²) < 4.78 is 5.82. The molecule has 0 saturated heterocycles. The zero-order valence-corrected chi connectivity index (χ0v) is 16.5. The van der Waals surface area contributed by atoms with Crippen LogP contribution in [0.15, 0.2) is 60.0 Å². The SMILES string of the molecule is Cc1ccc(OCC(=O)N2CCc3sccc3[C@H]2c2ccccc2)cc1C. The van der Waals surface area contributed by atoms with Crippen molar-refractivity contribution in [3.63, 3.8) is 0 Å². The molecule has 0 N–H and O–H groups in total. The minimum atomic E-state index is -0.0305. The maximum Gasteiger partial charge on any atom is 0.261 e. The predicted octanol–water partition coefficient (Wildman–Crippen LogP) is 4.92. The summed E-state index contributed by atoms with van der Waals surface area (Å²) in [6, 6.07) is 18.3. The van der Waals surface area contributed by atoms with Gasteiger partial charge in [0.15, 0.2) is 6.61 Å². The molecule has 3 aromatic rings. The minimum Gasteiger partial charge on any atom is -0.484 e. The zero-order valence-electron chi connectivity index (χ0n) is 15.6. The molecule has 4 heteroatoms. The van der Waals surface area contributed by atoms with Crippen molar-refractivity contribution in [1.82, 2.24) is 4.90 Å². The fourth-order valence-electron chi connectivity index (χ4n) is 3.61. The van der Waals surface area contributed by atoms with Gasteiger partial charge in [-0.1, -0.05) is 36.4 Å². The maximum atomic E-state index is 13.0. The third kappa shape index (κ3) is 3.62. The first-order valence-corrected chi connectivity index (χ1v) is 10.1. The summed E-state index contributed by atoms with van der Waals surface area (Å²) in [6.45, 7) is 4.91. The molecule has 0 unspecified atom stereocenters. The Hall–Kier alpha value is -2.59. The van der Waals surface area contributed by atoms with Crippen molar-refractivity contribution >= 4 is 17.2 Å². The van der Waals surface area contributed by atoms with E-state index in [-0.39, 0.29) is 18.6 Å². The van der Waals surface area contributed by atoms with Crippen molar-refractivity contribution in [2.45, 2.75) is 26.3 Å². The molecule has 0 fully saturated rings. The molecule has 3 nitrogen and oxygen atoms in total. The molecule has 1 aromatic heterocycles. The summed E-state index contributed by atoms with van der Waals surface area (Å²) in [5.74, 6) is 0.773. The maximum absolute atomic E-state index is 13.0. The summed E-state index contributed by atoms with van der Waals surface area (Å²) in [6.07, 6.45) is 0.908. The fraction of sp³-hybridized carbons (Fsp3) is 0.261. The largest absolute Gasteiger partial charge is 0.484 e. The molecular weight excluding hydrogens is 354 g/mol. The highest BCUT2D eigenvalue weighted by Gasteiger charge is 2.32. The number of carbonyl (C=O) groups is 1. The quantitative estimate of drug-likeness (QED) is 0.646. The van der Waals surface area contributed by atoms with Gasteiger partial charge in [-0.05, 0) is 66.1 Å². The van der Waals surface area contributed by atoms with E-state index in [4.69, 9.17) is 4.74 Å². The molecule has 0 bridgehead atoms. The van der Waals surface area contributed by atoms with Crippen LogP contribution in [0.2, 0.25) is 0 Å². The number of ether oxygens (including phenoxy) is 1. The highest BCUT2D eigenvalue weighted by Crippen LogP contribution is 2.37. The number of benzene rings is 2. The third-order valence-electron chi connectivity index (χ3n) is 5.24. The fourth-order valence-corrected chi connectivity index (χ4v) is 4.52. The average molecular weight is 378 g/mol. The number of carbonyl (C=O) groups excluding carboxylic acids is 1. The molecule has 27 heavy (non-hydrogen) atoms. The highest BCUT2D eigenvalue weighted by molar-refractivity contribution is 7.10. The molecule has 0 radical (unpaired) electrons. The van der Waals surface area contributed by atoms with Gasteiger partial charge in [0.2, 0.25) is 0 Å². The molecule has 1 atom stereocenters. The lowest BCUT2D eigenvalue weighted by Crippen LogP contribution is -2.42. The van der Waals surface area contributed by atoms with Crippen LogP contribution in [0.4, 0.5) is 0 Å². The molecule has 1 aliphatic rings. The van der Waals surface area contributed by atoms with Crippen LogP contribution < -0.4 is 4.74 Å². The van der Waals surface area contributed by atoms with Gasteiger partial charge in [0, 0.05) is 11.4 Å². The Kier molecular flexibility index (Phi) is 4.99. The van der Waals surface area contributed by atoms with E-state index >= 15 is 0 Å². The van der Waals surface area contributed by atoms with Gasteiger partial charge >= 0.3 is 0 Å². The van der Waals surface area contributed by atoms with Gasteiger partial charge in [-0.25, -0.2) is 0 Å². The molecule has 4 rings (SSSR count). The van der Waals surface area contributed by atoms with Crippen molar-refractivity contribution in [3.8, 4) is 5.75 Å². The summed E-state index contributed by atoms with van der Waals surface area (Å²) in [7, 11) is 0. The van der Waals surface area contributed by atoms with Crippen molar-refractivity contribution in [3.05, 3.63) is 87.1 Å². The number of hydrogen-bond acceptors (Lipinski definition) is 3. The first-order valence-electron chi connectivity index (χ1n) is 9.24. The number of thiophene rings is 1. The van der Waals surface area contributed by atoms with E-state index in [1.165, 1.54) is 21.6 Å². The Morgan fingerprint density at radius 1 is 1.11 bits per heavy atom. The molecule has 0 aliphatic carbocycles. The number of aryl methyl sites for hydroxylation is 2. The van der Waals surface area contributed by atoms with Gasteiger partial charge in [-0.3, -0.25) is 4.79 Å². The number of amides is 1. The monoisotopic (exact) mass is 377 g/mol. The van der Waals surface area contributed by atoms with E-state index in [1.807, 2.05) is 41.3 Å². The van der Waals surface area contributed by atoms with Crippen LogP contribution >= 0.6 is 11.3 Å². The lowest BCUT2D eigenvalue weighted by atomic mass is 9.93. The second kappa shape index (κ2) is 7.57. The molecule has 0 spiro atoms. The number of nitrogens with zero attached hydrogens (tertiary/aromatic N) is 1. The Labute approximate surface area is 164 Å². The van der Waals surface area contributed by atoms with Crippen molar-refractivity contribution in [2.24, 2.45) is 0 Å². The van der Waals surface area contributed by atoms with Crippen LogP contribution in [0.3, 0.4) is 0 Å². The topological polar surface area (TPSA) is 29.5 Å². The normalized spacial score (nSPS) is 16.1. The van der Waals surface area contributed by atoms with Crippen molar-refractivity contribution in [2.75, 3.05) is 13.2 Å².